The van der Waals surface area contributed by atoms with Crippen molar-refractivity contribution >= 4 is 11.8 Å². The van der Waals surface area contributed by atoms with Crippen LogP contribution in [0.1, 0.15) is 22.3 Å². The van der Waals surface area contributed by atoms with E-state index in [1.54, 1.807) is 24.1 Å². The molecule has 5 heteroatoms. The molecule has 0 aliphatic heterocycles. The SMILES string of the molecule is Cc1cccc(OCCN(C)C(=O)CCNC(=O)c2ccccc2)c1. The summed E-state index contributed by atoms with van der Waals surface area (Å²) in [4.78, 5) is 25.6. The molecule has 2 aromatic carbocycles. The molecule has 25 heavy (non-hydrogen) atoms. The van der Waals surface area contributed by atoms with Crippen LogP contribution in [0.5, 0.6) is 5.75 Å². The lowest BCUT2D eigenvalue weighted by Crippen LogP contribution is -2.34. The van der Waals surface area contributed by atoms with E-state index in [1.807, 2.05) is 49.4 Å². The average Bonchev–Trinajstić information content (AvgIpc) is 2.62. The van der Waals surface area contributed by atoms with E-state index in [0.717, 1.165) is 11.3 Å². The largest absolute Gasteiger partial charge is 0.492 e. The van der Waals surface area contributed by atoms with Crippen molar-refractivity contribution in [3.63, 3.8) is 0 Å². The van der Waals surface area contributed by atoms with E-state index >= 15 is 0 Å². The highest BCUT2D eigenvalue weighted by atomic mass is 16.5. The summed E-state index contributed by atoms with van der Waals surface area (Å²) >= 11 is 0. The van der Waals surface area contributed by atoms with Crippen molar-refractivity contribution in [1.82, 2.24) is 10.2 Å². The lowest BCUT2D eigenvalue weighted by molar-refractivity contribution is -0.130. The Kier molecular flexibility index (Phi) is 7.01. The quantitative estimate of drug-likeness (QED) is 0.804. The highest BCUT2D eigenvalue weighted by Crippen LogP contribution is 2.12. The van der Waals surface area contributed by atoms with Gasteiger partial charge in [0.15, 0.2) is 0 Å². The summed E-state index contributed by atoms with van der Waals surface area (Å²) in [5.74, 6) is 0.607. The second-order valence-corrected chi connectivity index (χ2v) is 5.85. The number of hydrogen-bond acceptors (Lipinski definition) is 3. The van der Waals surface area contributed by atoms with Gasteiger partial charge in [-0.05, 0) is 36.8 Å². The molecule has 2 rings (SSSR count). The molecule has 0 bridgehead atoms. The number of carbonyl (C=O) groups excluding carboxylic acids is 2. The first-order chi connectivity index (χ1) is 12.1. The van der Waals surface area contributed by atoms with Crippen molar-refractivity contribution in [2.45, 2.75) is 13.3 Å². The highest BCUT2D eigenvalue weighted by molar-refractivity contribution is 5.94. The molecule has 0 fully saturated rings. The minimum atomic E-state index is -0.168. The van der Waals surface area contributed by atoms with Crippen LogP contribution < -0.4 is 10.1 Å². The van der Waals surface area contributed by atoms with Crippen LogP contribution in [0.15, 0.2) is 54.6 Å². The van der Waals surface area contributed by atoms with Gasteiger partial charge in [0, 0.05) is 25.6 Å². The van der Waals surface area contributed by atoms with Gasteiger partial charge in [0.25, 0.3) is 5.91 Å². The Balaban J connectivity index is 1.65. The van der Waals surface area contributed by atoms with Crippen molar-refractivity contribution < 1.29 is 14.3 Å². The number of ether oxygens (including phenoxy) is 1. The molecule has 0 unspecified atom stereocenters. The first kappa shape index (κ1) is 18.5. The Labute approximate surface area is 148 Å². The van der Waals surface area contributed by atoms with Gasteiger partial charge in [0.2, 0.25) is 5.91 Å². The van der Waals surface area contributed by atoms with Gasteiger partial charge >= 0.3 is 0 Å². The second-order valence-electron chi connectivity index (χ2n) is 5.85. The molecular weight excluding hydrogens is 316 g/mol. The lowest BCUT2D eigenvalue weighted by Gasteiger charge is -2.17. The smallest absolute Gasteiger partial charge is 0.251 e. The summed E-state index contributed by atoms with van der Waals surface area (Å²) in [5.41, 5.74) is 1.73. The molecule has 2 aromatic rings. The summed E-state index contributed by atoms with van der Waals surface area (Å²) in [6, 6.07) is 16.8. The molecule has 0 heterocycles. The molecule has 0 saturated carbocycles. The first-order valence-electron chi connectivity index (χ1n) is 8.33. The molecular formula is C20H24N2O3. The molecule has 0 radical (unpaired) electrons. The van der Waals surface area contributed by atoms with Crippen LogP contribution in [0.4, 0.5) is 0 Å². The van der Waals surface area contributed by atoms with E-state index in [9.17, 15) is 9.59 Å². The number of benzene rings is 2. The summed E-state index contributed by atoms with van der Waals surface area (Å²) in [6.07, 6.45) is 0.263. The molecule has 2 amide bonds. The number of aryl methyl sites for hydroxylation is 1. The molecule has 5 nitrogen and oxygen atoms in total. The third-order valence-corrected chi connectivity index (χ3v) is 3.77. The number of nitrogens with zero attached hydrogens (tertiary/aromatic N) is 1. The summed E-state index contributed by atoms with van der Waals surface area (Å²) in [5, 5.41) is 2.76. The predicted octanol–water partition coefficient (Wildman–Crippen LogP) is 2.65. The minimum absolute atomic E-state index is 0.0267. The molecule has 0 aliphatic carbocycles. The van der Waals surface area contributed by atoms with Crippen molar-refractivity contribution in [3.8, 4) is 5.75 Å². The topological polar surface area (TPSA) is 58.6 Å². The fraction of sp³-hybridized carbons (Fsp3) is 0.300. The van der Waals surface area contributed by atoms with Crippen LogP contribution in [0.2, 0.25) is 0 Å². The fourth-order valence-electron chi connectivity index (χ4n) is 2.30. The van der Waals surface area contributed by atoms with Gasteiger partial charge in [0.1, 0.15) is 12.4 Å². The molecule has 0 saturated heterocycles. The number of hydrogen-bond donors (Lipinski definition) is 1. The van der Waals surface area contributed by atoms with Gasteiger partial charge in [-0.3, -0.25) is 9.59 Å². The monoisotopic (exact) mass is 340 g/mol. The third-order valence-electron chi connectivity index (χ3n) is 3.77. The zero-order chi connectivity index (χ0) is 18.1. The maximum Gasteiger partial charge on any atom is 0.251 e. The normalized spacial score (nSPS) is 10.2. The van der Waals surface area contributed by atoms with Crippen LogP contribution in [-0.4, -0.2) is 43.5 Å². The summed E-state index contributed by atoms with van der Waals surface area (Å²) in [7, 11) is 1.74. The van der Waals surface area contributed by atoms with Crippen molar-refractivity contribution in [2.24, 2.45) is 0 Å². The van der Waals surface area contributed by atoms with Crippen molar-refractivity contribution in [3.05, 3.63) is 65.7 Å². The molecule has 1 N–H and O–H groups in total. The van der Waals surface area contributed by atoms with Crippen LogP contribution in [0.25, 0.3) is 0 Å². The zero-order valence-corrected chi connectivity index (χ0v) is 14.7. The number of likely N-dealkylation sites (N-methyl/N-ethyl adjacent to an activating group) is 1. The Morgan fingerprint density at radius 3 is 2.56 bits per heavy atom. The highest BCUT2D eigenvalue weighted by Gasteiger charge is 2.10. The van der Waals surface area contributed by atoms with E-state index in [-0.39, 0.29) is 18.2 Å². The number of rotatable bonds is 8. The van der Waals surface area contributed by atoms with Gasteiger partial charge in [-0.25, -0.2) is 0 Å². The average molecular weight is 340 g/mol. The van der Waals surface area contributed by atoms with Crippen molar-refractivity contribution in [2.75, 3.05) is 26.7 Å². The molecule has 0 aliphatic rings. The predicted molar refractivity (Wildman–Crippen MR) is 97.7 cm³/mol. The van der Waals surface area contributed by atoms with Crippen molar-refractivity contribution in [1.29, 1.82) is 0 Å². The Hall–Kier alpha value is -2.82. The lowest BCUT2D eigenvalue weighted by atomic mass is 10.2. The van der Waals surface area contributed by atoms with E-state index in [4.69, 9.17) is 4.74 Å². The molecule has 0 spiro atoms. The third kappa shape index (κ3) is 6.30. The van der Waals surface area contributed by atoms with Gasteiger partial charge in [-0.1, -0.05) is 30.3 Å². The summed E-state index contributed by atoms with van der Waals surface area (Å²) < 4.78 is 5.64. The number of nitrogens with one attached hydrogen (secondary N) is 1. The molecule has 0 atom stereocenters. The van der Waals surface area contributed by atoms with Gasteiger partial charge in [-0.15, -0.1) is 0 Å². The zero-order valence-electron chi connectivity index (χ0n) is 14.7. The van der Waals surface area contributed by atoms with Gasteiger partial charge in [0.05, 0.1) is 6.54 Å². The maximum atomic E-state index is 12.1. The Morgan fingerprint density at radius 2 is 1.84 bits per heavy atom. The van der Waals surface area contributed by atoms with E-state index in [0.29, 0.717) is 25.3 Å². The standard InChI is InChI=1S/C20H24N2O3/c1-16-7-6-10-18(15-16)25-14-13-22(2)19(23)11-12-21-20(24)17-8-4-3-5-9-17/h3-10,15H,11-14H2,1-2H3,(H,21,24). The van der Waals surface area contributed by atoms with Crippen LogP contribution in [0, 0.1) is 6.92 Å². The maximum absolute atomic E-state index is 12.1. The minimum Gasteiger partial charge on any atom is -0.492 e. The number of amides is 2. The van der Waals surface area contributed by atoms with E-state index in [1.165, 1.54) is 0 Å². The molecule has 0 aromatic heterocycles. The Morgan fingerprint density at radius 1 is 1.08 bits per heavy atom. The van der Waals surface area contributed by atoms with Crippen LogP contribution >= 0.6 is 0 Å². The fourth-order valence-corrected chi connectivity index (χ4v) is 2.30. The van der Waals surface area contributed by atoms with Crippen LogP contribution in [0.3, 0.4) is 0 Å². The first-order valence-corrected chi connectivity index (χ1v) is 8.33. The van der Waals surface area contributed by atoms with Gasteiger partial charge < -0.3 is 15.0 Å². The van der Waals surface area contributed by atoms with E-state index in [2.05, 4.69) is 5.32 Å². The second kappa shape index (κ2) is 9.47. The number of carbonyl (C=O) groups is 2. The summed E-state index contributed by atoms with van der Waals surface area (Å²) in [6.45, 7) is 3.25. The van der Waals surface area contributed by atoms with Crippen LogP contribution in [-0.2, 0) is 4.79 Å². The van der Waals surface area contributed by atoms with Gasteiger partial charge in [-0.2, -0.15) is 0 Å². The van der Waals surface area contributed by atoms with E-state index < -0.39 is 0 Å². The Bertz CT molecular complexity index is 701. The molecule has 132 valence electrons.